The third kappa shape index (κ3) is 4.64. The number of benzene rings is 1. The zero-order chi connectivity index (χ0) is 18.6. The molecule has 1 aliphatic heterocycles. The van der Waals surface area contributed by atoms with Crippen molar-refractivity contribution in [1.82, 2.24) is 5.32 Å². The summed E-state index contributed by atoms with van der Waals surface area (Å²) in [6.07, 6.45) is 2.49. The molecule has 0 aliphatic carbocycles. The fraction of sp³-hybridized carbons (Fsp3) is 0.250. The summed E-state index contributed by atoms with van der Waals surface area (Å²) in [7, 11) is 0. The Bertz CT molecular complexity index is 789. The molecule has 0 saturated carbocycles. The van der Waals surface area contributed by atoms with Gasteiger partial charge < -0.3 is 5.32 Å². The molecular formula is C16H16Cl2FN5O. The lowest BCUT2D eigenvalue weighted by molar-refractivity contribution is -0.116. The molecule has 132 valence electrons. The minimum absolute atomic E-state index is 0.0676. The topological polar surface area (TPSA) is 69.4 Å². The maximum absolute atomic E-state index is 14.8. The van der Waals surface area contributed by atoms with Gasteiger partial charge in [0.1, 0.15) is 6.34 Å². The van der Waals surface area contributed by atoms with Crippen LogP contribution in [0.5, 0.6) is 0 Å². The Labute approximate surface area is 154 Å². The number of hydrogen-bond acceptors (Lipinski definition) is 4. The molecule has 0 spiro atoms. The number of amidine groups is 1. The van der Waals surface area contributed by atoms with Gasteiger partial charge in [0.05, 0.1) is 22.3 Å². The Morgan fingerprint density at radius 2 is 2.20 bits per heavy atom. The number of nitrogens with one attached hydrogen (secondary N) is 1. The molecule has 0 fully saturated rings. The predicted molar refractivity (Wildman–Crippen MR) is 101 cm³/mol. The molecule has 1 aliphatic rings. The van der Waals surface area contributed by atoms with E-state index in [1.165, 1.54) is 31.4 Å². The summed E-state index contributed by atoms with van der Waals surface area (Å²) in [5.74, 6) is -0.609. The Hall–Kier alpha value is -2.25. The molecule has 6 nitrogen and oxygen atoms in total. The van der Waals surface area contributed by atoms with Gasteiger partial charge in [-0.3, -0.25) is 14.8 Å². The van der Waals surface area contributed by atoms with E-state index in [1.807, 2.05) is 0 Å². The zero-order valence-corrected chi connectivity index (χ0v) is 15.1. The van der Waals surface area contributed by atoms with Crippen LogP contribution >= 0.6 is 23.2 Å². The molecule has 0 saturated heterocycles. The summed E-state index contributed by atoms with van der Waals surface area (Å²) in [5, 5.41) is 8.75. The Kier molecular flexibility index (Phi) is 5.92. The van der Waals surface area contributed by atoms with E-state index < -0.39 is 11.6 Å². The third-order valence-corrected chi connectivity index (χ3v) is 4.11. The molecule has 1 aromatic rings. The second-order valence-corrected chi connectivity index (χ2v) is 6.33. The number of rotatable bonds is 4. The number of hydrogen-bond donors (Lipinski definition) is 1. The van der Waals surface area contributed by atoms with Gasteiger partial charge >= 0.3 is 0 Å². The molecule has 25 heavy (non-hydrogen) atoms. The van der Waals surface area contributed by atoms with Crippen LogP contribution in [0.2, 0.25) is 10.0 Å². The van der Waals surface area contributed by atoms with E-state index in [-0.39, 0.29) is 18.0 Å². The van der Waals surface area contributed by atoms with Gasteiger partial charge in [-0.05, 0) is 38.8 Å². The first-order valence-electron chi connectivity index (χ1n) is 7.21. The molecule has 1 atom stereocenters. The average Bonchev–Trinajstić information content (AvgIpc) is 2.85. The first-order valence-corrected chi connectivity index (χ1v) is 7.96. The predicted octanol–water partition coefficient (Wildman–Crippen LogP) is 3.60. The highest BCUT2D eigenvalue weighted by Crippen LogP contribution is 2.31. The van der Waals surface area contributed by atoms with Gasteiger partial charge in [-0.2, -0.15) is 5.10 Å². The standard InChI is InChI=1S/C16H16Cl2FN5O/c1-10(7-21-9-20-3)14(25)22-15-16(2,19)8-24(23-15)11-4-5-12(17)13(18)6-11/h4-7,9H,3,8H2,1-2H3,(H,22,23,25)/b10-7+,21-9?. The lowest BCUT2D eigenvalue weighted by Gasteiger charge is -2.18. The molecule has 0 radical (unpaired) electrons. The van der Waals surface area contributed by atoms with Crippen molar-refractivity contribution in [2.45, 2.75) is 19.5 Å². The van der Waals surface area contributed by atoms with Crippen LogP contribution in [0.3, 0.4) is 0 Å². The second kappa shape index (κ2) is 7.76. The Morgan fingerprint density at radius 3 is 2.84 bits per heavy atom. The number of alkyl halides is 1. The van der Waals surface area contributed by atoms with Gasteiger partial charge in [-0.1, -0.05) is 23.2 Å². The molecule has 2 rings (SSSR count). The SMILES string of the molecule is C=NC=N/C=C(\C)C(=O)NC1=NN(c2ccc(Cl)c(Cl)c2)CC1(C)F. The van der Waals surface area contributed by atoms with E-state index in [4.69, 9.17) is 23.2 Å². The van der Waals surface area contributed by atoms with E-state index in [1.54, 1.807) is 18.2 Å². The highest BCUT2D eigenvalue weighted by Gasteiger charge is 2.40. The van der Waals surface area contributed by atoms with Crippen LogP contribution in [0.4, 0.5) is 10.1 Å². The number of hydrazone groups is 1. The number of amides is 1. The Morgan fingerprint density at radius 1 is 1.48 bits per heavy atom. The van der Waals surface area contributed by atoms with Gasteiger partial charge in [0, 0.05) is 11.8 Å². The van der Waals surface area contributed by atoms with Gasteiger partial charge in [0.15, 0.2) is 11.5 Å². The van der Waals surface area contributed by atoms with Crippen LogP contribution in [0.25, 0.3) is 0 Å². The van der Waals surface area contributed by atoms with Crippen LogP contribution < -0.4 is 10.3 Å². The first kappa shape index (κ1) is 19.1. The van der Waals surface area contributed by atoms with Gasteiger partial charge in [0.2, 0.25) is 0 Å². The van der Waals surface area contributed by atoms with Gasteiger partial charge in [0.25, 0.3) is 5.91 Å². The van der Waals surface area contributed by atoms with Crippen molar-refractivity contribution in [1.29, 1.82) is 0 Å². The molecule has 1 amide bonds. The van der Waals surface area contributed by atoms with Crippen molar-refractivity contribution in [3.63, 3.8) is 0 Å². The van der Waals surface area contributed by atoms with Crippen LogP contribution in [-0.2, 0) is 4.79 Å². The van der Waals surface area contributed by atoms with Crippen molar-refractivity contribution in [3.8, 4) is 0 Å². The van der Waals surface area contributed by atoms with Crippen molar-refractivity contribution in [3.05, 3.63) is 40.0 Å². The van der Waals surface area contributed by atoms with Gasteiger partial charge in [-0.25, -0.2) is 9.38 Å². The van der Waals surface area contributed by atoms with Crippen LogP contribution in [0.15, 0.2) is 45.1 Å². The number of halogens is 3. The minimum Gasteiger partial charge on any atom is -0.306 e. The molecule has 0 aromatic heterocycles. The second-order valence-electron chi connectivity index (χ2n) is 5.52. The largest absolute Gasteiger partial charge is 0.306 e. The molecule has 1 N–H and O–H groups in total. The van der Waals surface area contributed by atoms with E-state index in [0.29, 0.717) is 15.7 Å². The van der Waals surface area contributed by atoms with Crippen molar-refractivity contribution in [2.75, 3.05) is 11.6 Å². The number of carbonyl (C=O) groups is 1. The smallest absolute Gasteiger partial charge is 0.253 e. The highest BCUT2D eigenvalue weighted by atomic mass is 35.5. The molecule has 0 bridgehead atoms. The highest BCUT2D eigenvalue weighted by molar-refractivity contribution is 6.42. The molecule has 1 aromatic carbocycles. The lowest BCUT2D eigenvalue weighted by atomic mass is 10.1. The summed E-state index contributed by atoms with van der Waals surface area (Å²) in [6.45, 7) is 6.04. The van der Waals surface area contributed by atoms with Crippen molar-refractivity contribution >= 4 is 53.7 Å². The maximum Gasteiger partial charge on any atom is 0.253 e. The van der Waals surface area contributed by atoms with Crippen molar-refractivity contribution < 1.29 is 9.18 Å². The normalized spacial score (nSPS) is 20.8. The van der Waals surface area contributed by atoms with E-state index in [9.17, 15) is 9.18 Å². The molecular weight excluding hydrogens is 368 g/mol. The van der Waals surface area contributed by atoms with E-state index in [0.717, 1.165) is 0 Å². The van der Waals surface area contributed by atoms with E-state index in [2.05, 4.69) is 27.1 Å². The molecule has 1 heterocycles. The summed E-state index contributed by atoms with van der Waals surface area (Å²) < 4.78 is 14.8. The molecule has 9 heteroatoms. The summed E-state index contributed by atoms with van der Waals surface area (Å²) >= 11 is 11.9. The van der Waals surface area contributed by atoms with Gasteiger partial charge in [-0.15, -0.1) is 0 Å². The van der Waals surface area contributed by atoms with Crippen molar-refractivity contribution in [2.24, 2.45) is 15.1 Å². The minimum atomic E-state index is -1.84. The fourth-order valence-corrected chi connectivity index (χ4v) is 2.32. The Balaban J connectivity index is 2.19. The quantitative estimate of drug-likeness (QED) is 0.490. The summed E-state index contributed by atoms with van der Waals surface area (Å²) in [5.41, 5.74) is -1.00. The maximum atomic E-state index is 14.8. The average molecular weight is 384 g/mol. The first-order chi connectivity index (χ1) is 11.7. The number of carbonyl (C=O) groups excluding carboxylic acids is 1. The lowest BCUT2D eigenvalue weighted by Crippen LogP contribution is -2.44. The van der Waals surface area contributed by atoms with E-state index >= 15 is 0 Å². The number of anilines is 1. The summed E-state index contributed by atoms with van der Waals surface area (Å²) in [6, 6.07) is 4.84. The van der Waals surface area contributed by atoms with Crippen LogP contribution in [0.1, 0.15) is 13.8 Å². The number of aliphatic imine (C=N–C) groups is 2. The molecule has 1 unspecified atom stereocenters. The van der Waals surface area contributed by atoms with Crippen LogP contribution in [-0.4, -0.2) is 37.0 Å². The zero-order valence-electron chi connectivity index (χ0n) is 13.6. The third-order valence-electron chi connectivity index (χ3n) is 3.37. The summed E-state index contributed by atoms with van der Waals surface area (Å²) in [4.78, 5) is 19.3. The number of nitrogens with zero attached hydrogens (tertiary/aromatic N) is 4. The monoisotopic (exact) mass is 383 g/mol. The fourth-order valence-electron chi connectivity index (χ4n) is 2.02. The van der Waals surface area contributed by atoms with Crippen LogP contribution in [0, 0.1) is 0 Å².